The number of aliphatic hydroxyl groups is 1. The van der Waals surface area contributed by atoms with Gasteiger partial charge in [0.1, 0.15) is 6.61 Å². The molecule has 0 rings (SSSR count). The number of aliphatic hydroxyl groups excluding tert-OH is 1. The van der Waals surface area contributed by atoms with E-state index in [0.717, 1.165) is 77.0 Å². The fourth-order valence-corrected chi connectivity index (χ4v) is 8.32. The Balaban J connectivity index is 3.51. The van der Waals surface area contributed by atoms with Crippen LogP contribution in [0.2, 0.25) is 0 Å². The van der Waals surface area contributed by atoms with Gasteiger partial charge in [-0.15, -0.1) is 0 Å². The summed E-state index contributed by atoms with van der Waals surface area (Å²) in [7, 11) is 0. The van der Waals surface area contributed by atoms with E-state index in [-0.39, 0.29) is 25.2 Å². The lowest BCUT2D eigenvalue weighted by Crippen LogP contribution is -2.28. The number of carbonyl (C=O) groups excluding carboxylic acids is 2. The molecule has 392 valence electrons. The zero-order valence-corrected chi connectivity index (χ0v) is 44.9. The quantitative estimate of drug-likeness (QED) is 0.0374. The molecule has 0 aliphatic carbocycles. The molecule has 0 aromatic heterocycles. The molecule has 0 aromatic rings. The lowest BCUT2D eigenvalue weighted by atomic mass is 10.0. The second kappa shape index (κ2) is 58.4. The highest BCUT2D eigenvalue weighted by molar-refractivity contribution is 5.70. The molecule has 5 nitrogen and oxygen atoms in total. The average molecular weight is 948 g/mol. The molecular formula is C63H110O5. The highest BCUT2D eigenvalue weighted by Gasteiger charge is 2.16. The van der Waals surface area contributed by atoms with E-state index in [4.69, 9.17) is 9.47 Å². The van der Waals surface area contributed by atoms with Gasteiger partial charge in [-0.2, -0.15) is 0 Å². The minimum atomic E-state index is -0.779. The van der Waals surface area contributed by atoms with E-state index in [1.165, 1.54) is 180 Å². The third-order valence-electron chi connectivity index (χ3n) is 12.7. The van der Waals surface area contributed by atoms with Crippen molar-refractivity contribution in [2.45, 2.75) is 290 Å². The van der Waals surface area contributed by atoms with Gasteiger partial charge in [0.2, 0.25) is 0 Å². The van der Waals surface area contributed by atoms with Crippen LogP contribution in [0.5, 0.6) is 0 Å². The number of carbonyl (C=O) groups is 2. The first-order valence-corrected chi connectivity index (χ1v) is 29.1. The number of esters is 2. The Hall–Kier alpha value is -2.92. The zero-order valence-electron chi connectivity index (χ0n) is 44.9. The van der Waals surface area contributed by atoms with Crippen molar-refractivity contribution in [2.75, 3.05) is 13.2 Å². The molecule has 0 aliphatic heterocycles. The normalized spacial score (nSPS) is 12.8. The first kappa shape index (κ1) is 65.1. The monoisotopic (exact) mass is 947 g/mol. The van der Waals surface area contributed by atoms with Crippen LogP contribution in [-0.4, -0.2) is 36.4 Å². The summed E-state index contributed by atoms with van der Waals surface area (Å²) in [6.45, 7) is 4.05. The van der Waals surface area contributed by atoms with Gasteiger partial charge in [-0.3, -0.25) is 9.59 Å². The molecule has 1 atom stereocenters. The molecule has 0 saturated heterocycles. The minimum Gasteiger partial charge on any atom is -0.462 e. The van der Waals surface area contributed by atoms with Gasteiger partial charge in [0, 0.05) is 12.8 Å². The predicted molar refractivity (Wildman–Crippen MR) is 297 cm³/mol. The molecule has 68 heavy (non-hydrogen) atoms. The second-order valence-corrected chi connectivity index (χ2v) is 19.3. The van der Waals surface area contributed by atoms with Crippen molar-refractivity contribution in [1.29, 1.82) is 0 Å². The summed E-state index contributed by atoms with van der Waals surface area (Å²) in [6.07, 6.45) is 81.3. The number of rotatable bonds is 53. The van der Waals surface area contributed by atoms with Gasteiger partial charge in [-0.1, -0.05) is 266 Å². The molecule has 0 aliphatic rings. The van der Waals surface area contributed by atoms with Crippen LogP contribution in [0.4, 0.5) is 0 Å². The lowest BCUT2D eigenvalue weighted by molar-refractivity contribution is -0.161. The van der Waals surface area contributed by atoms with Crippen molar-refractivity contribution in [3.05, 3.63) is 85.1 Å². The Morgan fingerprint density at radius 2 is 0.632 bits per heavy atom. The van der Waals surface area contributed by atoms with E-state index in [9.17, 15) is 14.7 Å². The van der Waals surface area contributed by atoms with E-state index in [2.05, 4.69) is 98.9 Å². The molecule has 1 unspecified atom stereocenters. The smallest absolute Gasteiger partial charge is 0.306 e. The lowest BCUT2D eigenvalue weighted by Gasteiger charge is -2.15. The zero-order chi connectivity index (χ0) is 49.2. The first-order chi connectivity index (χ1) is 33.6. The molecule has 0 fully saturated rings. The fourth-order valence-electron chi connectivity index (χ4n) is 8.32. The molecule has 0 saturated carbocycles. The maximum atomic E-state index is 12.3. The van der Waals surface area contributed by atoms with E-state index in [1.54, 1.807) is 0 Å². The van der Waals surface area contributed by atoms with Crippen LogP contribution < -0.4 is 0 Å². The SMILES string of the molecule is CC/C=C\C/C=C\C/C=C\C/C=C\C/C=C\C/C=C\CCCCCCCCCCCCC(=O)OC(CO)COC(=O)CCCCCCCCCCCCCCC/C=C\CCCCCCCCCC. The van der Waals surface area contributed by atoms with E-state index in [0.29, 0.717) is 12.8 Å². The number of hydrogen-bond donors (Lipinski definition) is 1. The summed E-state index contributed by atoms with van der Waals surface area (Å²) in [5.74, 6) is -0.590. The van der Waals surface area contributed by atoms with Crippen LogP contribution in [-0.2, 0) is 19.1 Å². The molecule has 0 aromatic carbocycles. The molecule has 0 radical (unpaired) electrons. The highest BCUT2D eigenvalue weighted by Crippen LogP contribution is 2.16. The number of unbranched alkanes of at least 4 members (excludes halogenated alkanes) is 31. The van der Waals surface area contributed by atoms with Crippen molar-refractivity contribution < 1.29 is 24.2 Å². The van der Waals surface area contributed by atoms with Crippen molar-refractivity contribution in [1.82, 2.24) is 0 Å². The molecule has 0 amide bonds. The van der Waals surface area contributed by atoms with Crippen LogP contribution in [0.1, 0.15) is 284 Å². The van der Waals surface area contributed by atoms with Gasteiger partial charge in [-0.25, -0.2) is 0 Å². The molecule has 1 N–H and O–H groups in total. The highest BCUT2D eigenvalue weighted by atomic mass is 16.6. The van der Waals surface area contributed by atoms with Crippen LogP contribution >= 0.6 is 0 Å². The average Bonchev–Trinajstić information content (AvgIpc) is 3.34. The third-order valence-corrected chi connectivity index (χ3v) is 12.7. The van der Waals surface area contributed by atoms with Crippen LogP contribution in [0.3, 0.4) is 0 Å². The van der Waals surface area contributed by atoms with E-state index >= 15 is 0 Å². The summed E-state index contributed by atoms with van der Waals surface area (Å²) in [5.41, 5.74) is 0. The Morgan fingerprint density at radius 1 is 0.353 bits per heavy atom. The van der Waals surface area contributed by atoms with E-state index in [1.807, 2.05) is 0 Å². The van der Waals surface area contributed by atoms with Crippen molar-refractivity contribution in [3.63, 3.8) is 0 Å². The van der Waals surface area contributed by atoms with Gasteiger partial charge in [0.25, 0.3) is 0 Å². The summed E-state index contributed by atoms with van der Waals surface area (Å²) in [6, 6.07) is 0. The largest absolute Gasteiger partial charge is 0.462 e. The number of hydrogen-bond acceptors (Lipinski definition) is 5. The number of ether oxygens (including phenoxy) is 2. The van der Waals surface area contributed by atoms with Gasteiger partial charge in [0.05, 0.1) is 6.61 Å². The summed E-state index contributed by atoms with van der Waals surface area (Å²) in [5, 5.41) is 9.66. The van der Waals surface area contributed by atoms with Gasteiger partial charge in [0.15, 0.2) is 6.10 Å². The fraction of sp³-hybridized carbons (Fsp3) is 0.746. The second-order valence-electron chi connectivity index (χ2n) is 19.3. The maximum absolute atomic E-state index is 12.3. The van der Waals surface area contributed by atoms with Crippen molar-refractivity contribution in [3.8, 4) is 0 Å². The Morgan fingerprint density at radius 3 is 0.971 bits per heavy atom. The summed E-state index contributed by atoms with van der Waals surface area (Å²) < 4.78 is 10.7. The predicted octanol–water partition coefficient (Wildman–Crippen LogP) is 19.8. The van der Waals surface area contributed by atoms with Crippen LogP contribution in [0.15, 0.2) is 85.1 Å². The Bertz CT molecular complexity index is 1250. The molecule has 0 bridgehead atoms. The molecule has 0 spiro atoms. The van der Waals surface area contributed by atoms with Gasteiger partial charge < -0.3 is 14.6 Å². The standard InChI is InChI=1S/C63H110O5/c1-3-5-7-9-11-13-15-17-19-21-23-25-27-29-30-31-32-34-36-38-40-42-44-46-48-50-52-54-56-58-63(66)68-61(59-64)60-67-62(65)57-55-53-51-49-47-45-43-41-39-37-35-33-28-26-24-22-20-18-16-14-12-10-8-6-4-2/h5,7,11,13,17,19,22-25,29-30,32,34,61,64H,3-4,6,8-10,12,14-16,18,20-21,26-28,31,33,35-60H2,1-2H3/b7-5-,13-11-,19-17-,24-22-,25-23-,30-29-,34-32-. The van der Waals surface area contributed by atoms with Gasteiger partial charge in [-0.05, 0) is 89.9 Å². The molecular weight excluding hydrogens is 837 g/mol. The third kappa shape index (κ3) is 55.7. The summed E-state index contributed by atoms with van der Waals surface area (Å²) >= 11 is 0. The maximum Gasteiger partial charge on any atom is 0.306 e. The van der Waals surface area contributed by atoms with E-state index < -0.39 is 6.10 Å². The van der Waals surface area contributed by atoms with Crippen LogP contribution in [0.25, 0.3) is 0 Å². The molecule has 0 heterocycles. The first-order valence-electron chi connectivity index (χ1n) is 29.1. The van der Waals surface area contributed by atoms with Crippen LogP contribution in [0, 0.1) is 0 Å². The molecule has 5 heteroatoms. The Kier molecular flexibility index (Phi) is 55.9. The number of allylic oxidation sites excluding steroid dienone is 14. The topological polar surface area (TPSA) is 72.8 Å². The summed E-state index contributed by atoms with van der Waals surface area (Å²) in [4.78, 5) is 24.5. The van der Waals surface area contributed by atoms with Crippen molar-refractivity contribution >= 4 is 11.9 Å². The minimum absolute atomic E-state index is 0.0691. The Labute approximate surface area is 422 Å². The van der Waals surface area contributed by atoms with Crippen molar-refractivity contribution in [2.24, 2.45) is 0 Å². The van der Waals surface area contributed by atoms with Gasteiger partial charge >= 0.3 is 11.9 Å².